The zero-order chi connectivity index (χ0) is 21.4. The number of nitrogens with zero attached hydrogens (tertiary/aromatic N) is 6. The van der Waals surface area contributed by atoms with Crippen molar-refractivity contribution in [3.8, 4) is 11.4 Å². The maximum Gasteiger partial charge on any atom is 0.407 e. The van der Waals surface area contributed by atoms with E-state index in [1.807, 2.05) is 35.1 Å². The highest BCUT2D eigenvalue weighted by molar-refractivity contribution is 9.10. The molecule has 1 unspecified atom stereocenters. The SMILES string of the molecule is O=C(O)N1CCN(c2cccc(-c3nn(C4CCCCO4)c4cnc(Br)cc34)n2)CC1. The summed E-state index contributed by atoms with van der Waals surface area (Å²) in [6.45, 7) is 2.90. The van der Waals surface area contributed by atoms with Gasteiger partial charge in [-0.2, -0.15) is 5.10 Å². The molecule has 2 fully saturated rings. The minimum atomic E-state index is -0.873. The van der Waals surface area contributed by atoms with Gasteiger partial charge in [-0.05, 0) is 53.4 Å². The molecule has 5 heterocycles. The normalized spacial score (nSPS) is 19.7. The Morgan fingerprint density at radius 2 is 2.03 bits per heavy atom. The average Bonchev–Trinajstić information content (AvgIpc) is 3.18. The van der Waals surface area contributed by atoms with E-state index in [0.29, 0.717) is 26.2 Å². The van der Waals surface area contributed by atoms with Crippen molar-refractivity contribution in [3.63, 3.8) is 0 Å². The highest BCUT2D eigenvalue weighted by Gasteiger charge is 2.24. The molecule has 0 bridgehead atoms. The van der Waals surface area contributed by atoms with Crippen molar-refractivity contribution in [3.05, 3.63) is 35.1 Å². The second-order valence-corrected chi connectivity index (χ2v) is 8.59. The van der Waals surface area contributed by atoms with Gasteiger partial charge in [0.2, 0.25) is 0 Å². The van der Waals surface area contributed by atoms with E-state index >= 15 is 0 Å². The van der Waals surface area contributed by atoms with Gasteiger partial charge in [0, 0.05) is 38.2 Å². The van der Waals surface area contributed by atoms with Crippen molar-refractivity contribution < 1.29 is 14.6 Å². The average molecular weight is 487 g/mol. The first-order valence-electron chi connectivity index (χ1n) is 10.5. The number of ether oxygens (including phenoxy) is 1. The Balaban J connectivity index is 1.50. The van der Waals surface area contributed by atoms with E-state index in [1.165, 1.54) is 4.90 Å². The van der Waals surface area contributed by atoms with Crippen LogP contribution in [0.15, 0.2) is 35.1 Å². The van der Waals surface area contributed by atoms with Crippen LogP contribution in [0.25, 0.3) is 22.3 Å². The zero-order valence-electron chi connectivity index (χ0n) is 16.9. The molecule has 0 aromatic carbocycles. The molecule has 31 heavy (non-hydrogen) atoms. The number of aromatic nitrogens is 4. The van der Waals surface area contributed by atoms with Gasteiger partial charge in [0.25, 0.3) is 0 Å². The van der Waals surface area contributed by atoms with Gasteiger partial charge in [0.15, 0.2) is 6.23 Å². The molecular formula is C21H23BrN6O3. The van der Waals surface area contributed by atoms with Crippen molar-refractivity contribution in [1.82, 2.24) is 24.6 Å². The van der Waals surface area contributed by atoms with Crippen LogP contribution >= 0.6 is 15.9 Å². The van der Waals surface area contributed by atoms with Crippen LogP contribution in [0.2, 0.25) is 0 Å². The fourth-order valence-electron chi connectivity index (χ4n) is 4.19. The van der Waals surface area contributed by atoms with Crippen molar-refractivity contribution in [1.29, 1.82) is 0 Å². The van der Waals surface area contributed by atoms with Gasteiger partial charge in [-0.1, -0.05) is 6.07 Å². The lowest BCUT2D eigenvalue weighted by Crippen LogP contribution is -2.48. The Bertz CT molecular complexity index is 1110. The molecule has 0 spiro atoms. The quantitative estimate of drug-likeness (QED) is 0.562. The number of hydrogen-bond donors (Lipinski definition) is 1. The summed E-state index contributed by atoms with van der Waals surface area (Å²) in [6, 6.07) is 7.86. The topological polar surface area (TPSA) is 96.6 Å². The zero-order valence-corrected chi connectivity index (χ0v) is 18.5. The molecule has 1 N–H and O–H groups in total. The van der Waals surface area contributed by atoms with E-state index < -0.39 is 6.09 Å². The summed E-state index contributed by atoms with van der Waals surface area (Å²) < 4.78 is 8.66. The summed E-state index contributed by atoms with van der Waals surface area (Å²) in [7, 11) is 0. The van der Waals surface area contributed by atoms with Crippen molar-refractivity contribution in [2.24, 2.45) is 0 Å². The smallest absolute Gasteiger partial charge is 0.407 e. The molecule has 2 aliphatic heterocycles. The molecule has 5 rings (SSSR count). The van der Waals surface area contributed by atoms with Crippen LogP contribution in [-0.2, 0) is 4.74 Å². The number of fused-ring (bicyclic) bond motifs is 1. The molecular weight excluding hydrogens is 464 g/mol. The fourth-order valence-corrected chi connectivity index (χ4v) is 4.53. The highest BCUT2D eigenvalue weighted by atomic mass is 79.9. The largest absolute Gasteiger partial charge is 0.465 e. The summed E-state index contributed by atoms with van der Waals surface area (Å²) in [5.74, 6) is 0.826. The maximum absolute atomic E-state index is 11.2. The highest BCUT2D eigenvalue weighted by Crippen LogP contribution is 2.33. The Kier molecular flexibility index (Phi) is 5.49. The lowest BCUT2D eigenvalue weighted by atomic mass is 10.1. The minimum absolute atomic E-state index is 0.0970. The van der Waals surface area contributed by atoms with Crippen LogP contribution in [0.5, 0.6) is 0 Å². The number of halogens is 1. The van der Waals surface area contributed by atoms with Crippen LogP contribution in [0.4, 0.5) is 10.6 Å². The lowest BCUT2D eigenvalue weighted by Gasteiger charge is -2.33. The predicted molar refractivity (Wildman–Crippen MR) is 119 cm³/mol. The third-order valence-electron chi connectivity index (χ3n) is 5.84. The van der Waals surface area contributed by atoms with Crippen molar-refractivity contribution in [2.45, 2.75) is 25.5 Å². The Morgan fingerprint density at radius 1 is 1.19 bits per heavy atom. The van der Waals surface area contributed by atoms with Gasteiger partial charge in [0.1, 0.15) is 16.1 Å². The van der Waals surface area contributed by atoms with E-state index in [4.69, 9.17) is 14.8 Å². The predicted octanol–water partition coefficient (Wildman–Crippen LogP) is 3.75. The number of piperazine rings is 1. The van der Waals surface area contributed by atoms with Gasteiger partial charge in [-0.15, -0.1) is 0 Å². The molecule has 2 saturated heterocycles. The van der Waals surface area contributed by atoms with Gasteiger partial charge in [-0.3, -0.25) is 0 Å². The van der Waals surface area contributed by atoms with E-state index in [1.54, 1.807) is 0 Å². The molecule has 0 saturated carbocycles. The monoisotopic (exact) mass is 486 g/mol. The third-order valence-corrected chi connectivity index (χ3v) is 6.27. The second-order valence-electron chi connectivity index (χ2n) is 7.78. The number of rotatable bonds is 3. The van der Waals surface area contributed by atoms with Gasteiger partial charge in [0.05, 0.1) is 17.4 Å². The summed E-state index contributed by atoms with van der Waals surface area (Å²) in [5.41, 5.74) is 2.49. The van der Waals surface area contributed by atoms with Crippen molar-refractivity contribution in [2.75, 3.05) is 37.7 Å². The maximum atomic E-state index is 11.2. The molecule has 3 aromatic heterocycles. The molecule has 1 atom stereocenters. The Morgan fingerprint density at radius 3 is 2.77 bits per heavy atom. The molecule has 0 aliphatic carbocycles. The first-order chi connectivity index (χ1) is 15.1. The van der Waals surface area contributed by atoms with Crippen LogP contribution in [0.1, 0.15) is 25.5 Å². The van der Waals surface area contributed by atoms with Gasteiger partial charge < -0.3 is 19.6 Å². The summed E-state index contributed by atoms with van der Waals surface area (Å²) in [5, 5.41) is 15.1. The fraction of sp³-hybridized carbons (Fsp3) is 0.429. The number of carbonyl (C=O) groups is 1. The second kappa shape index (κ2) is 8.43. The van der Waals surface area contributed by atoms with E-state index in [-0.39, 0.29) is 6.23 Å². The van der Waals surface area contributed by atoms with Crippen LogP contribution < -0.4 is 4.90 Å². The third kappa shape index (κ3) is 3.97. The van der Waals surface area contributed by atoms with Gasteiger partial charge >= 0.3 is 6.09 Å². The number of carboxylic acid groups (broad SMARTS) is 1. The van der Waals surface area contributed by atoms with Crippen LogP contribution in [0.3, 0.4) is 0 Å². The van der Waals surface area contributed by atoms with E-state index in [0.717, 1.165) is 58.6 Å². The molecule has 162 valence electrons. The standard InChI is InChI=1S/C21H23BrN6O3/c22-17-12-14-16(13-23-17)28(19-6-1-2-11-31-19)25-20(14)15-4-3-5-18(24-15)26-7-9-27(10-8-26)21(29)30/h3-5,12-13,19H,1-2,6-11H2,(H,29,30). The summed E-state index contributed by atoms with van der Waals surface area (Å²) >= 11 is 3.48. The van der Waals surface area contributed by atoms with E-state index in [9.17, 15) is 9.90 Å². The molecule has 10 heteroatoms. The van der Waals surface area contributed by atoms with Crippen LogP contribution in [-0.4, -0.2) is 68.6 Å². The molecule has 2 aliphatic rings. The van der Waals surface area contributed by atoms with Crippen LogP contribution in [0, 0.1) is 0 Å². The van der Waals surface area contributed by atoms with E-state index in [2.05, 4.69) is 25.8 Å². The number of hydrogen-bond acceptors (Lipinski definition) is 6. The summed E-state index contributed by atoms with van der Waals surface area (Å²) in [6.07, 6.45) is 3.96. The van der Waals surface area contributed by atoms with Gasteiger partial charge in [-0.25, -0.2) is 19.4 Å². The van der Waals surface area contributed by atoms with Crippen molar-refractivity contribution >= 4 is 38.7 Å². The lowest BCUT2D eigenvalue weighted by molar-refractivity contribution is -0.0365. The number of pyridine rings is 2. The molecule has 9 nitrogen and oxygen atoms in total. The Labute approximate surface area is 187 Å². The first kappa shape index (κ1) is 20.2. The first-order valence-corrected chi connectivity index (χ1v) is 11.2. The molecule has 1 amide bonds. The molecule has 0 radical (unpaired) electrons. The molecule has 3 aromatic rings. The summed E-state index contributed by atoms with van der Waals surface area (Å²) in [4.78, 5) is 24.0. The number of anilines is 1. The Hall–Kier alpha value is -2.72. The number of amides is 1. The minimum Gasteiger partial charge on any atom is -0.465 e.